The zero-order valence-electron chi connectivity index (χ0n) is 15.7. The monoisotopic (exact) mass is 429 g/mol. The fraction of sp³-hybridized carbons (Fsp3) is 0.200. The van der Waals surface area contributed by atoms with Crippen molar-refractivity contribution in [3.63, 3.8) is 0 Å². The van der Waals surface area contributed by atoms with Crippen molar-refractivity contribution in [2.45, 2.75) is 25.0 Å². The zero-order chi connectivity index (χ0) is 20.6. The van der Waals surface area contributed by atoms with E-state index < -0.39 is 0 Å². The molecule has 0 aliphatic rings. The number of benzene rings is 2. The van der Waals surface area contributed by atoms with Crippen molar-refractivity contribution in [3.8, 4) is 0 Å². The third-order valence-electron chi connectivity index (χ3n) is 4.04. The summed E-state index contributed by atoms with van der Waals surface area (Å²) in [4.78, 5) is 28.6. The first-order valence-electron chi connectivity index (χ1n) is 9.00. The van der Waals surface area contributed by atoms with Gasteiger partial charge in [0.2, 0.25) is 11.1 Å². The van der Waals surface area contributed by atoms with Gasteiger partial charge in [-0.15, -0.1) is 5.10 Å². The van der Waals surface area contributed by atoms with E-state index in [-0.39, 0.29) is 24.1 Å². The van der Waals surface area contributed by atoms with E-state index in [4.69, 9.17) is 11.6 Å². The van der Waals surface area contributed by atoms with Crippen molar-refractivity contribution in [2.24, 2.45) is 0 Å². The number of nitrogens with one attached hydrogen (secondary N) is 3. The molecule has 0 aliphatic carbocycles. The molecule has 1 heterocycles. The molecule has 0 fully saturated rings. The van der Waals surface area contributed by atoms with Crippen molar-refractivity contribution in [1.29, 1.82) is 0 Å². The van der Waals surface area contributed by atoms with Gasteiger partial charge in [0.15, 0.2) is 0 Å². The van der Waals surface area contributed by atoms with Crippen LogP contribution in [0.4, 0.5) is 5.69 Å². The van der Waals surface area contributed by atoms with Gasteiger partial charge < -0.3 is 10.6 Å². The number of carbonyl (C=O) groups excluding carboxylic acids is 2. The summed E-state index contributed by atoms with van der Waals surface area (Å²) in [6.45, 7) is 2.24. The molecule has 0 bridgehead atoms. The molecule has 7 nitrogen and oxygen atoms in total. The summed E-state index contributed by atoms with van der Waals surface area (Å²) in [5, 5.41) is 13.5. The number of H-pyrrole nitrogens is 1. The Morgan fingerprint density at radius 1 is 1.14 bits per heavy atom. The maximum absolute atomic E-state index is 12.2. The van der Waals surface area contributed by atoms with Crippen molar-refractivity contribution in [2.75, 3.05) is 11.1 Å². The van der Waals surface area contributed by atoms with Crippen molar-refractivity contribution in [3.05, 3.63) is 70.5 Å². The molecule has 29 heavy (non-hydrogen) atoms. The van der Waals surface area contributed by atoms with Crippen LogP contribution >= 0.6 is 23.4 Å². The minimum Gasteiger partial charge on any atom is -0.345 e. The molecule has 3 N–H and O–H groups in total. The van der Waals surface area contributed by atoms with Gasteiger partial charge in [0, 0.05) is 16.3 Å². The molecule has 0 aliphatic heterocycles. The fourth-order valence-electron chi connectivity index (χ4n) is 2.56. The van der Waals surface area contributed by atoms with Gasteiger partial charge in [-0.3, -0.25) is 14.7 Å². The highest BCUT2D eigenvalue weighted by Gasteiger charge is 2.11. The molecule has 9 heteroatoms. The molecule has 3 rings (SSSR count). The first-order chi connectivity index (χ1) is 14.0. The molecule has 150 valence electrons. The lowest BCUT2D eigenvalue weighted by atomic mass is 10.1. The number of rotatable bonds is 8. The van der Waals surface area contributed by atoms with Crippen LogP contribution in [-0.4, -0.2) is 32.7 Å². The zero-order valence-corrected chi connectivity index (χ0v) is 17.3. The minimum absolute atomic E-state index is 0.127. The Balaban J connectivity index is 1.47. The van der Waals surface area contributed by atoms with Crippen LogP contribution in [0, 0.1) is 0 Å². The lowest BCUT2D eigenvalue weighted by Gasteiger charge is -2.08. The lowest BCUT2D eigenvalue weighted by molar-refractivity contribution is -0.113. The Bertz CT molecular complexity index is 991. The second kappa shape index (κ2) is 10.1. The molecule has 0 saturated heterocycles. The molecule has 0 atom stereocenters. The fourth-order valence-corrected chi connectivity index (χ4v) is 3.30. The maximum atomic E-state index is 12.2. The van der Waals surface area contributed by atoms with Gasteiger partial charge in [-0.25, -0.2) is 4.98 Å². The summed E-state index contributed by atoms with van der Waals surface area (Å²) < 4.78 is 0. The van der Waals surface area contributed by atoms with E-state index in [1.807, 2.05) is 31.2 Å². The van der Waals surface area contributed by atoms with Crippen LogP contribution in [0.15, 0.2) is 53.7 Å². The van der Waals surface area contributed by atoms with Crippen molar-refractivity contribution in [1.82, 2.24) is 20.5 Å². The largest absolute Gasteiger partial charge is 0.345 e. The first-order valence-corrected chi connectivity index (χ1v) is 10.4. The molecule has 0 saturated carbocycles. The summed E-state index contributed by atoms with van der Waals surface area (Å²) in [6.07, 6.45) is 0.843. The average molecular weight is 430 g/mol. The molecule has 2 amide bonds. The van der Waals surface area contributed by atoms with Gasteiger partial charge in [0.05, 0.1) is 12.3 Å². The third-order valence-corrected chi connectivity index (χ3v) is 5.14. The number of hydrogen-bond donors (Lipinski definition) is 3. The number of amides is 2. The van der Waals surface area contributed by atoms with E-state index in [1.54, 1.807) is 24.3 Å². The van der Waals surface area contributed by atoms with E-state index in [1.165, 1.54) is 11.8 Å². The van der Waals surface area contributed by atoms with Gasteiger partial charge in [0.1, 0.15) is 5.82 Å². The van der Waals surface area contributed by atoms with E-state index in [2.05, 4.69) is 25.8 Å². The second-order valence-electron chi connectivity index (χ2n) is 6.10. The molecular formula is C20H20ClN5O2S. The van der Waals surface area contributed by atoms with Crippen molar-refractivity contribution >= 4 is 40.9 Å². The highest BCUT2D eigenvalue weighted by atomic mass is 35.5. The van der Waals surface area contributed by atoms with Crippen LogP contribution in [-0.2, 0) is 17.8 Å². The summed E-state index contributed by atoms with van der Waals surface area (Å²) >= 11 is 7.04. The van der Waals surface area contributed by atoms with Gasteiger partial charge in [0.25, 0.3) is 5.91 Å². The number of carbonyl (C=O) groups is 2. The number of nitrogens with zero attached hydrogens (tertiary/aromatic N) is 2. The molecule has 0 spiro atoms. The number of para-hydroxylation sites is 1. The second-order valence-corrected chi connectivity index (χ2v) is 7.48. The molecule has 0 radical (unpaired) electrons. The van der Waals surface area contributed by atoms with Crippen LogP contribution in [0.2, 0.25) is 5.02 Å². The topological polar surface area (TPSA) is 99.8 Å². The first kappa shape index (κ1) is 20.9. The van der Waals surface area contributed by atoms with Crippen LogP contribution in [0.25, 0.3) is 0 Å². The number of aromatic amines is 1. The van der Waals surface area contributed by atoms with Crippen LogP contribution in [0.5, 0.6) is 0 Å². The smallest absolute Gasteiger partial charge is 0.251 e. The van der Waals surface area contributed by atoms with Crippen LogP contribution in [0.1, 0.15) is 28.7 Å². The highest BCUT2D eigenvalue weighted by molar-refractivity contribution is 7.99. The SMILES string of the molecule is CCc1ccccc1NC(=O)CSc1n[nH]c(CNC(=O)c2ccc(Cl)cc2)n1. The normalized spacial score (nSPS) is 10.6. The summed E-state index contributed by atoms with van der Waals surface area (Å²) in [5.41, 5.74) is 2.41. The highest BCUT2D eigenvalue weighted by Crippen LogP contribution is 2.17. The summed E-state index contributed by atoms with van der Waals surface area (Å²) in [7, 11) is 0. The molecule has 2 aromatic carbocycles. The number of aryl methyl sites for hydroxylation is 1. The van der Waals surface area contributed by atoms with E-state index in [0.717, 1.165) is 17.7 Å². The Morgan fingerprint density at radius 3 is 2.66 bits per heavy atom. The quantitative estimate of drug-likeness (QED) is 0.474. The molecule has 3 aromatic rings. The Hall–Kier alpha value is -2.84. The van der Waals surface area contributed by atoms with Gasteiger partial charge >= 0.3 is 0 Å². The van der Waals surface area contributed by atoms with Crippen LogP contribution < -0.4 is 10.6 Å². The number of thioether (sulfide) groups is 1. The van der Waals surface area contributed by atoms with E-state index >= 15 is 0 Å². The van der Waals surface area contributed by atoms with Gasteiger partial charge in [-0.1, -0.05) is 48.5 Å². The number of aromatic nitrogens is 3. The predicted molar refractivity (Wildman–Crippen MR) is 114 cm³/mol. The Morgan fingerprint density at radius 2 is 1.90 bits per heavy atom. The molecule has 0 unspecified atom stereocenters. The lowest BCUT2D eigenvalue weighted by Crippen LogP contribution is -2.23. The predicted octanol–water partition coefficient (Wildman–Crippen LogP) is 3.68. The number of hydrogen-bond acceptors (Lipinski definition) is 5. The van der Waals surface area contributed by atoms with Gasteiger partial charge in [-0.2, -0.15) is 0 Å². The Labute approximate surface area is 177 Å². The standard InChI is InChI=1S/C20H20ClN5O2S/c1-2-13-5-3-4-6-16(13)23-18(27)12-29-20-24-17(25-26-20)11-22-19(28)14-7-9-15(21)10-8-14/h3-10H,2,11-12H2,1H3,(H,22,28)(H,23,27)(H,24,25,26). The summed E-state index contributed by atoms with van der Waals surface area (Å²) in [5.74, 6) is 0.331. The van der Waals surface area contributed by atoms with Crippen molar-refractivity contribution < 1.29 is 9.59 Å². The van der Waals surface area contributed by atoms with E-state index in [0.29, 0.717) is 21.6 Å². The summed E-state index contributed by atoms with van der Waals surface area (Å²) in [6, 6.07) is 14.3. The van der Waals surface area contributed by atoms with Gasteiger partial charge in [-0.05, 0) is 42.3 Å². The Kier molecular flexibility index (Phi) is 7.26. The minimum atomic E-state index is -0.235. The average Bonchev–Trinajstić information content (AvgIpc) is 3.19. The maximum Gasteiger partial charge on any atom is 0.251 e. The number of anilines is 1. The third kappa shape index (κ3) is 6.07. The van der Waals surface area contributed by atoms with E-state index in [9.17, 15) is 9.59 Å². The molecular weight excluding hydrogens is 410 g/mol. The molecule has 1 aromatic heterocycles. The van der Waals surface area contributed by atoms with Crippen LogP contribution in [0.3, 0.4) is 0 Å². The number of halogens is 1.